The quantitative estimate of drug-likeness (QED) is 0.867. The molecule has 3 heterocycles. The van der Waals surface area contributed by atoms with E-state index in [1.807, 2.05) is 17.0 Å². The molecule has 2 fully saturated rings. The number of aryl methyl sites for hydroxylation is 1. The molecule has 0 radical (unpaired) electrons. The fourth-order valence-corrected chi connectivity index (χ4v) is 3.48. The Bertz CT molecular complexity index is 724. The fraction of sp³-hybridized carbons (Fsp3) is 0.412. The van der Waals surface area contributed by atoms with Crippen LogP contribution in [0.1, 0.15) is 16.2 Å². The van der Waals surface area contributed by atoms with Crippen molar-refractivity contribution in [2.45, 2.75) is 6.92 Å². The number of amides is 1. The van der Waals surface area contributed by atoms with Crippen molar-refractivity contribution in [3.05, 3.63) is 41.8 Å². The summed E-state index contributed by atoms with van der Waals surface area (Å²) in [6.45, 7) is 5.36. The van der Waals surface area contributed by atoms with E-state index in [0.717, 1.165) is 31.9 Å². The van der Waals surface area contributed by atoms with E-state index in [4.69, 9.17) is 9.26 Å². The van der Waals surface area contributed by atoms with Gasteiger partial charge < -0.3 is 19.1 Å². The van der Waals surface area contributed by atoms with Crippen molar-refractivity contribution in [2.75, 3.05) is 38.2 Å². The SMILES string of the molecule is COc1ccc(N2CC3(CN(C(=O)c4cc(C)on4)C3)C2)cc1. The second-order valence-corrected chi connectivity index (χ2v) is 6.54. The lowest BCUT2D eigenvalue weighted by atomic mass is 9.72. The highest BCUT2D eigenvalue weighted by molar-refractivity contribution is 5.93. The van der Waals surface area contributed by atoms with E-state index in [1.54, 1.807) is 20.1 Å². The van der Waals surface area contributed by atoms with Gasteiger partial charge >= 0.3 is 0 Å². The van der Waals surface area contributed by atoms with Crippen LogP contribution in [0.2, 0.25) is 0 Å². The zero-order valence-electron chi connectivity index (χ0n) is 13.3. The molecule has 1 aromatic carbocycles. The first-order valence-electron chi connectivity index (χ1n) is 7.70. The molecule has 6 nitrogen and oxygen atoms in total. The van der Waals surface area contributed by atoms with Crippen LogP contribution in [0.15, 0.2) is 34.9 Å². The first kappa shape index (κ1) is 14.1. The van der Waals surface area contributed by atoms with E-state index in [0.29, 0.717) is 11.5 Å². The smallest absolute Gasteiger partial charge is 0.276 e. The maximum absolute atomic E-state index is 12.3. The van der Waals surface area contributed by atoms with Gasteiger partial charge in [-0.3, -0.25) is 4.79 Å². The number of benzene rings is 1. The zero-order valence-corrected chi connectivity index (χ0v) is 13.3. The molecule has 23 heavy (non-hydrogen) atoms. The van der Waals surface area contributed by atoms with Gasteiger partial charge in [0.1, 0.15) is 11.5 Å². The molecule has 6 heteroatoms. The molecule has 2 aliphatic rings. The average molecular weight is 313 g/mol. The highest BCUT2D eigenvalue weighted by atomic mass is 16.5. The van der Waals surface area contributed by atoms with Crippen molar-refractivity contribution < 1.29 is 14.1 Å². The van der Waals surface area contributed by atoms with Gasteiger partial charge in [-0.2, -0.15) is 0 Å². The van der Waals surface area contributed by atoms with Crippen LogP contribution >= 0.6 is 0 Å². The first-order chi connectivity index (χ1) is 11.1. The van der Waals surface area contributed by atoms with Crippen molar-refractivity contribution in [1.29, 1.82) is 0 Å². The summed E-state index contributed by atoms with van der Waals surface area (Å²) in [6.07, 6.45) is 0. The van der Waals surface area contributed by atoms with E-state index in [9.17, 15) is 4.79 Å². The number of carbonyl (C=O) groups is 1. The summed E-state index contributed by atoms with van der Waals surface area (Å²) < 4.78 is 10.2. The Morgan fingerprint density at radius 3 is 2.48 bits per heavy atom. The van der Waals surface area contributed by atoms with Crippen LogP contribution in [-0.4, -0.2) is 49.3 Å². The van der Waals surface area contributed by atoms with Crippen LogP contribution in [0.3, 0.4) is 0 Å². The largest absolute Gasteiger partial charge is 0.497 e. The first-order valence-corrected chi connectivity index (χ1v) is 7.70. The maximum atomic E-state index is 12.3. The Kier molecular flexibility index (Phi) is 3.07. The van der Waals surface area contributed by atoms with Gasteiger partial charge in [-0.05, 0) is 31.2 Å². The molecule has 1 amide bonds. The molecule has 1 spiro atoms. The van der Waals surface area contributed by atoms with Crippen LogP contribution < -0.4 is 9.64 Å². The average Bonchev–Trinajstić information content (AvgIpc) is 2.91. The van der Waals surface area contributed by atoms with E-state index < -0.39 is 0 Å². The van der Waals surface area contributed by atoms with E-state index in [2.05, 4.69) is 22.2 Å². The number of rotatable bonds is 3. The van der Waals surface area contributed by atoms with Gasteiger partial charge in [0.15, 0.2) is 5.69 Å². The predicted octanol–water partition coefficient (Wildman–Crippen LogP) is 1.95. The number of carbonyl (C=O) groups excluding carboxylic acids is 1. The van der Waals surface area contributed by atoms with Gasteiger partial charge in [-0.15, -0.1) is 0 Å². The zero-order chi connectivity index (χ0) is 16.0. The van der Waals surface area contributed by atoms with Gasteiger partial charge in [0, 0.05) is 43.3 Å². The number of nitrogens with zero attached hydrogens (tertiary/aromatic N) is 3. The third-order valence-corrected chi connectivity index (χ3v) is 4.68. The predicted molar refractivity (Wildman–Crippen MR) is 84.8 cm³/mol. The van der Waals surface area contributed by atoms with Crippen LogP contribution in [0, 0.1) is 12.3 Å². The normalized spacial score (nSPS) is 18.5. The van der Waals surface area contributed by atoms with Gasteiger partial charge in [-0.1, -0.05) is 5.16 Å². The minimum absolute atomic E-state index is 0.0321. The van der Waals surface area contributed by atoms with Crippen LogP contribution in [0.5, 0.6) is 5.75 Å². The molecular formula is C17H19N3O3. The van der Waals surface area contributed by atoms with Crippen molar-refractivity contribution in [1.82, 2.24) is 10.1 Å². The van der Waals surface area contributed by atoms with Gasteiger partial charge in [0.25, 0.3) is 5.91 Å². The number of aromatic nitrogens is 1. The molecule has 4 rings (SSSR count). The molecule has 120 valence electrons. The van der Waals surface area contributed by atoms with Crippen molar-refractivity contribution in [2.24, 2.45) is 5.41 Å². The molecular weight excluding hydrogens is 294 g/mol. The molecule has 0 bridgehead atoms. The van der Waals surface area contributed by atoms with Crippen molar-refractivity contribution in [3.8, 4) is 5.75 Å². The van der Waals surface area contributed by atoms with Crippen molar-refractivity contribution in [3.63, 3.8) is 0 Å². The standard InChI is InChI=1S/C17H19N3O3/c1-12-7-15(18-23-12)16(21)20-10-17(11-20)8-19(9-17)13-3-5-14(22-2)6-4-13/h3-7H,8-11H2,1-2H3. The summed E-state index contributed by atoms with van der Waals surface area (Å²) in [5.41, 5.74) is 1.85. The van der Waals surface area contributed by atoms with Crippen molar-refractivity contribution >= 4 is 11.6 Å². The summed E-state index contributed by atoms with van der Waals surface area (Å²) in [7, 11) is 1.67. The van der Waals surface area contributed by atoms with Gasteiger partial charge in [0.2, 0.25) is 0 Å². The molecule has 0 atom stereocenters. The lowest BCUT2D eigenvalue weighted by Gasteiger charge is -2.60. The Labute approximate surface area is 134 Å². The molecule has 1 aromatic heterocycles. The molecule has 0 N–H and O–H groups in total. The highest BCUT2D eigenvalue weighted by Gasteiger charge is 2.53. The third kappa shape index (κ3) is 2.34. The van der Waals surface area contributed by atoms with Crippen LogP contribution in [0.25, 0.3) is 0 Å². The number of ether oxygens (including phenoxy) is 1. The molecule has 0 aliphatic carbocycles. The molecule has 0 unspecified atom stereocenters. The monoisotopic (exact) mass is 313 g/mol. The van der Waals surface area contributed by atoms with E-state index >= 15 is 0 Å². The minimum Gasteiger partial charge on any atom is -0.497 e. The van der Waals surface area contributed by atoms with Gasteiger partial charge in [-0.25, -0.2) is 0 Å². The summed E-state index contributed by atoms with van der Waals surface area (Å²) in [5.74, 6) is 1.50. The van der Waals surface area contributed by atoms with E-state index in [-0.39, 0.29) is 11.3 Å². The maximum Gasteiger partial charge on any atom is 0.276 e. The molecule has 2 aliphatic heterocycles. The fourth-order valence-electron chi connectivity index (χ4n) is 3.48. The number of methoxy groups -OCH3 is 1. The topological polar surface area (TPSA) is 58.8 Å². The number of anilines is 1. The van der Waals surface area contributed by atoms with Crippen LogP contribution in [0.4, 0.5) is 5.69 Å². The summed E-state index contributed by atoms with van der Waals surface area (Å²) in [5, 5.41) is 3.80. The van der Waals surface area contributed by atoms with Crippen LogP contribution in [-0.2, 0) is 0 Å². The lowest BCUT2D eigenvalue weighted by Crippen LogP contribution is -2.73. The minimum atomic E-state index is -0.0321. The summed E-state index contributed by atoms with van der Waals surface area (Å²) in [4.78, 5) is 16.5. The Morgan fingerprint density at radius 2 is 1.91 bits per heavy atom. The Hall–Kier alpha value is -2.50. The number of hydrogen-bond acceptors (Lipinski definition) is 5. The van der Waals surface area contributed by atoms with E-state index in [1.165, 1.54) is 5.69 Å². The second-order valence-electron chi connectivity index (χ2n) is 6.54. The lowest BCUT2D eigenvalue weighted by molar-refractivity contribution is -0.0111. The Morgan fingerprint density at radius 1 is 1.22 bits per heavy atom. The van der Waals surface area contributed by atoms with Gasteiger partial charge in [0.05, 0.1) is 7.11 Å². The number of hydrogen-bond donors (Lipinski definition) is 0. The highest BCUT2D eigenvalue weighted by Crippen LogP contribution is 2.42. The summed E-state index contributed by atoms with van der Waals surface area (Å²) >= 11 is 0. The summed E-state index contributed by atoms with van der Waals surface area (Å²) in [6, 6.07) is 9.79. The Balaban J connectivity index is 1.33. The molecule has 2 aromatic rings. The third-order valence-electron chi connectivity index (χ3n) is 4.68. The molecule has 2 saturated heterocycles. The molecule has 0 saturated carbocycles. The second kappa shape index (κ2) is 5.01. The number of likely N-dealkylation sites (tertiary alicyclic amines) is 1.